The van der Waals surface area contributed by atoms with E-state index in [0.717, 1.165) is 6.07 Å². The third-order valence-electron chi connectivity index (χ3n) is 4.98. The van der Waals surface area contributed by atoms with Crippen LogP contribution in [0.4, 0.5) is 10.1 Å². The average Bonchev–Trinajstić information content (AvgIpc) is 3.19. The summed E-state index contributed by atoms with van der Waals surface area (Å²) in [6.45, 7) is 2.19. The van der Waals surface area contributed by atoms with Gasteiger partial charge in [0.15, 0.2) is 17.2 Å². The minimum atomic E-state index is -0.702. The van der Waals surface area contributed by atoms with E-state index in [2.05, 4.69) is 27.6 Å². The lowest BCUT2D eigenvalue weighted by atomic mass is 10.1. The maximum absolute atomic E-state index is 14.0. The fourth-order valence-electron chi connectivity index (χ4n) is 3.31. The molecule has 4 rings (SSSR count). The third-order valence-corrected chi connectivity index (χ3v) is 6.09. The molecular formula is C25H17ClFIN2O6. The van der Waals surface area contributed by atoms with Crippen LogP contribution < -0.4 is 9.47 Å². The molecule has 11 heteroatoms. The number of hydrogen-bond donors (Lipinski definition) is 0. The molecule has 0 fully saturated rings. The Morgan fingerprint density at radius 1 is 1.19 bits per heavy atom. The van der Waals surface area contributed by atoms with Crippen LogP contribution in [0.5, 0.6) is 11.5 Å². The summed E-state index contributed by atoms with van der Waals surface area (Å²) >= 11 is 8.20. The summed E-state index contributed by atoms with van der Waals surface area (Å²) in [5.41, 5.74) is 1.06. The highest BCUT2D eigenvalue weighted by atomic mass is 127. The lowest BCUT2D eigenvalue weighted by molar-refractivity contribution is -0.384. The SMILES string of the molecule is CCOc1cc(/C=C2\N=C(c3ccc([N+](=O)[O-])cc3Cl)OC2=O)cc(I)c1OCc1ccccc1F. The maximum Gasteiger partial charge on any atom is 0.363 e. The Kier molecular flexibility index (Phi) is 7.85. The molecule has 0 N–H and O–H groups in total. The molecule has 3 aromatic rings. The first-order chi connectivity index (χ1) is 17.3. The summed E-state index contributed by atoms with van der Waals surface area (Å²) in [6, 6.07) is 13.5. The minimum absolute atomic E-state index is 0.0118. The van der Waals surface area contributed by atoms with Gasteiger partial charge in [-0.3, -0.25) is 10.1 Å². The molecule has 0 atom stereocenters. The molecule has 8 nitrogen and oxygen atoms in total. The number of carbonyl (C=O) groups is 1. The van der Waals surface area contributed by atoms with E-state index >= 15 is 0 Å². The van der Waals surface area contributed by atoms with Crippen LogP contribution >= 0.6 is 34.2 Å². The second-order valence-corrected chi connectivity index (χ2v) is 8.97. The fourth-order valence-corrected chi connectivity index (χ4v) is 4.35. The van der Waals surface area contributed by atoms with Gasteiger partial charge in [0.25, 0.3) is 5.69 Å². The van der Waals surface area contributed by atoms with Crippen molar-refractivity contribution in [3.63, 3.8) is 0 Å². The van der Waals surface area contributed by atoms with Gasteiger partial charge in [0.2, 0.25) is 5.90 Å². The quantitative estimate of drug-likeness (QED) is 0.0959. The normalized spacial score (nSPS) is 13.9. The van der Waals surface area contributed by atoms with Gasteiger partial charge in [-0.2, -0.15) is 0 Å². The van der Waals surface area contributed by atoms with Gasteiger partial charge in [-0.15, -0.1) is 0 Å². The van der Waals surface area contributed by atoms with Crippen molar-refractivity contribution in [2.24, 2.45) is 4.99 Å². The fraction of sp³-hybridized carbons (Fsp3) is 0.120. The Morgan fingerprint density at radius 2 is 1.97 bits per heavy atom. The number of esters is 1. The van der Waals surface area contributed by atoms with Crippen molar-refractivity contribution in [1.82, 2.24) is 0 Å². The highest BCUT2D eigenvalue weighted by molar-refractivity contribution is 14.1. The van der Waals surface area contributed by atoms with Crippen molar-refractivity contribution in [3.8, 4) is 11.5 Å². The lowest BCUT2D eigenvalue weighted by Crippen LogP contribution is -2.06. The van der Waals surface area contributed by atoms with E-state index in [1.165, 1.54) is 24.3 Å². The first kappa shape index (κ1) is 25.6. The number of halogens is 3. The number of hydrogen-bond acceptors (Lipinski definition) is 7. The summed E-state index contributed by atoms with van der Waals surface area (Å²) in [6.07, 6.45) is 1.51. The Morgan fingerprint density at radius 3 is 2.67 bits per heavy atom. The van der Waals surface area contributed by atoms with Crippen molar-refractivity contribution < 1.29 is 28.3 Å². The van der Waals surface area contributed by atoms with E-state index in [-0.39, 0.29) is 40.3 Å². The van der Waals surface area contributed by atoms with Gasteiger partial charge >= 0.3 is 5.97 Å². The van der Waals surface area contributed by atoms with Crippen LogP contribution in [0.15, 0.2) is 65.3 Å². The highest BCUT2D eigenvalue weighted by Crippen LogP contribution is 2.36. The van der Waals surface area contributed by atoms with Crippen LogP contribution in [-0.4, -0.2) is 23.4 Å². The number of nitro groups is 1. The second kappa shape index (κ2) is 11.0. The number of carbonyl (C=O) groups excluding carboxylic acids is 1. The van der Waals surface area contributed by atoms with Gasteiger partial charge in [0.05, 0.1) is 25.7 Å². The second-order valence-electron chi connectivity index (χ2n) is 7.40. The number of aliphatic imine (C=N–C) groups is 1. The van der Waals surface area contributed by atoms with Gasteiger partial charge in [-0.25, -0.2) is 14.2 Å². The Bertz CT molecular complexity index is 1430. The highest BCUT2D eigenvalue weighted by Gasteiger charge is 2.27. The van der Waals surface area contributed by atoms with Crippen molar-refractivity contribution in [2.75, 3.05) is 6.61 Å². The lowest BCUT2D eigenvalue weighted by Gasteiger charge is -2.15. The molecule has 1 heterocycles. The van der Waals surface area contributed by atoms with Crippen LogP contribution in [0.3, 0.4) is 0 Å². The Balaban J connectivity index is 1.63. The molecule has 0 saturated carbocycles. The van der Waals surface area contributed by atoms with Crippen LogP contribution in [0.2, 0.25) is 5.02 Å². The minimum Gasteiger partial charge on any atom is -0.490 e. The molecule has 0 spiro atoms. The zero-order valence-electron chi connectivity index (χ0n) is 18.7. The van der Waals surface area contributed by atoms with Gasteiger partial charge < -0.3 is 14.2 Å². The number of benzene rings is 3. The molecule has 0 saturated heterocycles. The molecule has 3 aromatic carbocycles. The monoisotopic (exact) mass is 622 g/mol. The molecule has 0 radical (unpaired) electrons. The van der Waals surface area contributed by atoms with Gasteiger partial charge in [-0.1, -0.05) is 29.8 Å². The summed E-state index contributed by atoms with van der Waals surface area (Å²) in [7, 11) is 0. The van der Waals surface area contributed by atoms with Crippen molar-refractivity contribution in [3.05, 3.63) is 102 Å². The first-order valence-corrected chi connectivity index (χ1v) is 12.0. The van der Waals surface area contributed by atoms with E-state index in [9.17, 15) is 19.3 Å². The van der Waals surface area contributed by atoms with Crippen molar-refractivity contribution >= 4 is 57.8 Å². The first-order valence-electron chi connectivity index (χ1n) is 10.6. The number of nitro benzene ring substituents is 1. The largest absolute Gasteiger partial charge is 0.490 e. The molecule has 184 valence electrons. The number of non-ortho nitro benzene ring substituents is 1. The molecular weight excluding hydrogens is 606 g/mol. The molecule has 0 aliphatic carbocycles. The zero-order chi connectivity index (χ0) is 25.8. The number of cyclic esters (lactones) is 1. The van der Waals surface area contributed by atoms with E-state index in [4.69, 9.17) is 25.8 Å². The Hall–Kier alpha value is -3.51. The smallest absolute Gasteiger partial charge is 0.363 e. The summed E-state index contributed by atoms with van der Waals surface area (Å²) in [5.74, 6) is -0.267. The molecule has 0 bridgehead atoms. The van der Waals surface area contributed by atoms with Gasteiger partial charge in [-0.05, 0) is 65.4 Å². The van der Waals surface area contributed by atoms with Crippen molar-refractivity contribution in [1.29, 1.82) is 0 Å². The average molecular weight is 623 g/mol. The Labute approximate surface area is 223 Å². The van der Waals surface area contributed by atoms with Crippen molar-refractivity contribution in [2.45, 2.75) is 13.5 Å². The van der Waals surface area contributed by atoms with E-state index in [1.807, 2.05) is 6.92 Å². The molecule has 1 aliphatic rings. The predicted molar refractivity (Wildman–Crippen MR) is 140 cm³/mol. The van der Waals surface area contributed by atoms with E-state index in [1.54, 1.807) is 30.3 Å². The van der Waals surface area contributed by atoms with Crippen LogP contribution in [0, 0.1) is 19.5 Å². The zero-order valence-corrected chi connectivity index (χ0v) is 21.6. The van der Waals surface area contributed by atoms with E-state index in [0.29, 0.717) is 32.8 Å². The number of nitrogens with zero attached hydrogens (tertiary/aromatic N) is 2. The number of ether oxygens (including phenoxy) is 3. The summed E-state index contributed by atoms with van der Waals surface area (Å²) < 4.78 is 31.5. The van der Waals surface area contributed by atoms with Gasteiger partial charge in [0, 0.05) is 17.7 Å². The summed E-state index contributed by atoms with van der Waals surface area (Å²) in [4.78, 5) is 27.0. The predicted octanol–water partition coefficient (Wildman–Crippen LogP) is 6.31. The van der Waals surface area contributed by atoms with Crippen LogP contribution in [-0.2, 0) is 16.1 Å². The van der Waals surface area contributed by atoms with E-state index < -0.39 is 10.9 Å². The van der Waals surface area contributed by atoms with Gasteiger partial charge in [0.1, 0.15) is 12.4 Å². The standard InChI is InChI=1S/C25H17ClFIN2O6/c1-2-34-22-11-14(9-20(28)23(22)35-13-15-5-3-4-6-19(15)27)10-21-25(31)36-24(29-21)17-8-7-16(30(32)33)12-18(17)26/h3-12H,2,13H2,1H3/b21-10-. The molecule has 0 amide bonds. The molecule has 36 heavy (non-hydrogen) atoms. The maximum atomic E-state index is 14.0. The van der Waals surface area contributed by atoms with Crippen LogP contribution in [0.25, 0.3) is 6.08 Å². The molecule has 0 unspecified atom stereocenters. The number of rotatable bonds is 8. The molecule has 1 aliphatic heterocycles. The molecule has 0 aromatic heterocycles. The topological polar surface area (TPSA) is 100 Å². The van der Waals surface area contributed by atoms with Crippen LogP contribution in [0.1, 0.15) is 23.6 Å². The summed E-state index contributed by atoms with van der Waals surface area (Å²) in [5, 5.41) is 11.0. The third kappa shape index (κ3) is 5.65.